The van der Waals surface area contributed by atoms with Gasteiger partial charge in [0.1, 0.15) is 0 Å². The first-order valence-electron chi connectivity index (χ1n) is 2.99. The van der Waals surface area contributed by atoms with Crippen LogP contribution in [0, 0.1) is 5.41 Å². The highest BCUT2D eigenvalue weighted by Gasteiger charge is 2.52. The Morgan fingerprint density at radius 3 is 1.31 bits per heavy atom. The highest BCUT2D eigenvalue weighted by molar-refractivity contribution is 6.44. The molecule has 0 bridgehead atoms. The Labute approximate surface area is 71.6 Å². The van der Waals surface area contributed by atoms with Crippen molar-refractivity contribution in [1.29, 1.82) is 0 Å². The van der Waals surface area contributed by atoms with Gasteiger partial charge in [0, 0.05) is 0 Å². The van der Waals surface area contributed by atoms with Crippen molar-refractivity contribution in [1.82, 2.24) is 0 Å². The van der Waals surface area contributed by atoms with Crippen molar-refractivity contribution in [3.05, 3.63) is 0 Å². The molecule has 0 aromatic heterocycles. The lowest BCUT2D eigenvalue weighted by Gasteiger charge is -2.14. The SMILES string of the molecule is CC(C(=O)O)(C(=O)O)C(=O)C(=O)O. The van der Waals surface area contributed by atoms with Crippen molar-refractivity contribution >= 4 is 23.7 Å². The second kappa shape index (κ2) is 3.21. The van der Waals surface area contributed by atoms with Crippen LogP contribution in [0.2, 0.25) is 0 Å². The monoisotopic (exact) mass is 190 g/mol. The number of aliphatic carboxylic acids is 3. The third-order valence-electron chi connectivity index (χ3n) is 1.50. The summed E-state index contributed by atoms with van der Waals surface area (Å²) in [7, 11) is 0. The van der Waals surface area contributed by atoms with E-state index in [-0.39, 0.29) is 0 Å². The number of hydrogen-bond donors (Lipinski definition) is 3. The molecule has 0 aliphatic rings. The summed E-state index contributed by atoms with van der Waals surface area (Å²) < 4.78 is 0. The van der Waals surface area contributed by atoms with Gasteiger partial charge >= 0.3 is 17.9 Å². The summed E-state index contributed by atoms with van der Waals surface area (Å²) in [4.78, 5) is 41.5. The van der Waals surface area contributed by atoms with E-state index in [1.54, 1.807) is 0 Å². The van der Waals surface area contributed by atoms with Gasteiger partial charge in [-0.2, -0.15) is 0 Å². The Bertz CT molecular complexity index is 275. The van der Waals surface area contributed by atoms with E-state index in [1.807, 2.05) is 0 Å². The van der Waals surface area contributed by atoms with Gasteiger partial charge in [-0.1, -0.05) is 0 Å². The van der Waals surface area contributed by atoms with Crippen LogP contribution in [0.25, 0.3) is 0 Å². The van der Waals surface area contributed by atoms with Crippen LogP contribution in [0.1, 0.15) is 6.92 Å². The van der Waals surface area contributed by atoms with E-state index >= 15 is 0 Å². The van der Waals surface area contributed by atoms with Crippen molar-refractivity contribution in [3.8, 4) is 0 Å². The molecule has 0 atom stereocenters. The minimum absolute atomic E-state index is 0.522. The summed E-state index contributed by atoms with van der Waals surface area (Å²) in [6.07, 6.45) is 0. The van der Waals surface area contributed by atoms with Gasteiger partial charge in [-0.15, -0.1) is 0 Å². The molecule has 0 saturated carbocycles. The molecule has 0 radical (unpaired) electrons. The Kier molecular flexibility index (Phi) is 2.74. The van der Waals surface area contributed by atoms with E-state index in [0.29, 0.717) is 6.92 Å². The van der Waals surface area contributed by atoms with Crippen molar-refractivity contribution in [2.45, 2.75) is 6.92 Å². The molecular weight excluding hydrogens is 184 g/mol. The summed E-state index contributed by atoms with van der Waals surface area (Å²) in [6, 6.07) is 0. The maximum Gasteiger partial charge on any atom is 0.374 e. The average Bonchev–Trinajstić information content (AvgIpc) is 2.00. The van der Waals surface area contributed by atoms with Gasteiger partial charge in [-0.3, -0.25) is 14.4 Å². The number of Topliss-reactive ketones (excluding diaryl/α,β-unsaturated/α-hetero) is 1. The van der Waals surface area contributed by atoms with Crippen LogP contribution in [0.5, 0.6) is 0 Å². The molecule has 0 aliphatic heterocycles. The first-order chi connectivity index (χ1) is 5.74. The van der Waals surface area contributed by atoms with Crippen LogP contribution in [-0.2, 0) is 19.2 Å². The Balaban J connectivity index is 5.27. The van der Waals surface area contributed by atoms with Gasteiger partial charge < -0.3 is 15.3 Å². The van der Waals surface area contributed by atoms with Crippen molar-refractivity contribution < 1.29 is 34.5 Å². The first kappa shape index (κ1) is 11.1. The highest BCUT2D eigenvalue weighted by Crippen LogP contribution is 2.18. The molecule has 0 spiro atoms. The zero-order chi connectivity index (χ0) is 10.8. The number of hydrogen-bond acceptors (Lipinski definition) is 4. The van der Waals surface area contributed by atoms with Gasteiger partial charge in [0.15, 0.2) is 0 Å². The Morgan fingerprint density at radius 1 is 0.923 bits per heavy atom. The molecule has 0 saturated heterocycles. The molecule has 7 nitrogen and oxygen atoms in total. The van der Waals surface area contributed by atoms with Gasteiger partial charge in [0.2, 0.25) is 5.41 Å². The van der Waals surface area contributed by atoms with Crippen LogP contribution < -0.4 is 0 Å². The van der Waals surface area contributed by atoms with Gasteiger partial charge in [0.05, 0.1) is 0 Å². The standard InChI is InChI=1S/C6H6O7/c1-6(4(10)11,5(12)13)2(7)3(8)9/h1H3,(H,8,9)(H,10,11)(H,12,13). The van der Waals surface area contributed by atoms with Crippen molar-refractivity contribution in [3.63, 3.8) is 0 Å². The van der Waals surface area contributed by atoms with Gasteiger partial charge in [-0.05, 0) is 6.92 Å². The number of rotatable bonds is 4. The van der Waals surface area contributed by atoms with E-state index < -0.39 is 29.1 Å². The van der Waals surface area contributed by atoms with Crippen LogP contribution in [-0.4, -0.2) is 39.0 Å². The maximum atomic E-state index is 10.7. The molecule has 7 heteroatoms. The lowest BCUT2D eigenvalue weighted by Crippen LogP contribution is -2.47. The van der Waals surface area contributed by atoms with Crippen LogP contribution in [0.3, 0.4) is 0 Å². The molecule has 0 aromatic carbocycles. The fourth-order valence-corrected chi connectivity index (χ4v) is 0.500. The van der Waals surface area contributed by atoms with E-state index in [4.69, 9.17) is 15.3 Å². The fourth-order valence-electron chi connectivity index (χ4n) is 0.500. The third-order valence-corrected chi connectivity index (χ3v) is 1.50. The van der Waals surface area contributed by atoms with E-state index in [9.17, 15) is 19.2 Å². The summed E-state index contributed by atoms with van der Waals surface area (Å²) >= 11 is 0. The molecule has 0 unspecified atom stereocenters. The quantitative estimate of drug-likeness (QED) is 0.375. The molecule has 0 rings (SSSR count). The van der Waals surface area contributed by atoms with E-state index in [0.717, 1.165) is 0 Å². The highest BCUT2D eigenvalue weighted by atomic mass is 16.4. The Morgan fingerprint density at radius 2 is 1.23 bits per heavy atom. The van der Waals surface area contributed by atoms with Gasteiger partial charge in [0.25, 0.3) is 5.78 Å². The van der Waals surface area contributed by atoms with Crippen molar-refractivity contribution in [2.75, 3.05) is 0 Å². The lowest BCUT2D eigenvalue weighted by molar-refractivity contribution is -0.172. The normalized spacial score (nSPS) is 10.5. The third kappa shape index (κ3) is 1.63. The molecular formula is C6H6O7. The largest absolute Gasteiger partial charge is 0.480 e. The summed E-state index contributed by atoms with van der Waals surface area (Å²) in [5, 5.41) is 24.9. The predicted molar refractivity (Wildman–Crippen MR) is 36.0 cm³/mol. The number of carbonyl (C=O) groups is 4. The molecule has 72 valence electrons. The summed E-state index contributed by atoms with van der Waals surface area (Å²) in [5.41, 5.74) is -2.92. The topological polar surface area (TPSA) is 129 Å². The molecule has 3 N–H and O–H groups in total. The maximum absolute atomic E-state index is 10.7. The molecule has 0 amide bonds. The zero-order valence-corrected chi connectivity index (χ0v) is 6.47. The summed E-state index contributed by atoms with van der Waals surface area (Å²) in [6.45, 7) is 0.522. The number of carboxylic acid groups (broad SMARTS) is 3. The molecule has 0 heterocycles. The smallest absolute Gasteiger partial charge is 0.374 e. The van der Waals surface area contributed by atoms with Crippen LogP contribution in [0.15, 0.2) is 0 Å². The molecule has 0 fully saturated rings. The Hall–Kier alpha value is -1.92. The van der Waals surface area contributed by atoms with E-state index in [2.05, 4.69) is 0 Å². The average molecular weight is 190 g/mol. The second-order valence-electron chi connectivity index (χ2n) is 2.37. The van der Waals surface area contributed by atoms with Crippen LogP contribution >= 0.6 is 0 Å². The molecule has 0 aromatic rings. The lowest BCUT2D eigenvalue weighted by atomic mass is 9.86. The fraction of sp³-hybridized carbons (Fsp3) is 0.333. The number of carbonyl (C=O) groups excluding carboxylic acids is 1. The van der Waals surface area contributed by atoms with Crippen molar-refractivity contribution in [2.24, 2.45) is 5.41 Å². The zero-order valence-electron chi connectivity index (χ0n) is 6.47. The van der Waals surface area contributed by atoms with Crippen LogP contribution in [0.4, 0.5) is 0 Å². The van der Waals surface area contributed by atoms with Gasteiger partial charge in [-0.25, -0.2) is 4.79 Å². The van der Waals surface area contributed by atoms with E-state index in [1.165, 1.54) is 0 Å². The summed E-state index contributed by atoms with van der Waals surface area (Å²) in [5.74, 6) is -7.99. The molecule has 0 aliphatic carbocycles. The second-order valence-corrected chi connectivity index (χ2v) is 2.37. The number of carboxylic acids is 3. The first-order valence-corrected chi connectivity index (χ1v) is 2.99. The minimum atomic E-state index is -2.92. The number of ketones is 1. The predicted octanol–water partition coefficient (Wildman–Crippen LogP) is -1.18. The minimum Gasteiger partial charge on any atom is -0.480 e. The molecule has 13 heavy (non-hydrogen) atoms.